The second-order valence-electron chi connectivity index (χ2n) is 6.69. The highest BCUT2D eigenvalue weighted by atomic mass is 16.6. The SMILES string of the molecule is CCCNC(=O)C1CCC(C(=O)Nc2ccc3c(c2)OCCO3)CC1. The van der Waals surface area contributed by atoms with Gasteiger partial charge in [-0.2, -0.15) is 0 Å². The van der Waals surface area contributed by atoms with Crippen LogP contribution in [0.3, 0.4) is 0 Å². The summed E-state index contributed by atoms with van der Waals surface area (Å²) < 4.78 is 11.0. The van der Waals surface area contributed by atoms with Gasteiger partial charge in [0.1, 0.15) is 13.2 Å². The van der Waals surface area contributed by atoms with E-state index in [1.807, 2.05) is 19.1 Å². The van der Waals surface area contributed by atoms with Gasteiger partial charge in [-0.3, -0.25) is 9.59 Å². The number of fused-ring (bicyclic) bond motifs is 1. The smallest absolute Gasteiger partial charge is 0.227 e. The molecule has 25 heavy (non-hydrogen) atoms. The molecule has 0 spiro atoms. The fourth-order valence-electron chi connectivity index (χ4n) is 3.38. The molecular weight excluding hydrogens is 320 g/mol. The van der Waals surface area contributed by atoms with Crippen LogP contribution in [0.2, 0.25) is 0 Å². The van der Waals surface area contributed by atoms with Crippen molar-refractivity contribution in [2.75, 3.05) is 25.1 Å². The minimum atomic E-state index is -0.0385. The van der Waals surface area contributed by atoms with Crippen molar-refractivity contribution in [2.45, 2.75) is 39.0 Å². The Morgan fingerprint density at radius 3 is 2.32 bits per heavy atom. The summed E-state index contributed by atoms with van der Waals surface area (Å²) >= 11 is 0. The average molecular weight is 346 g/mol. The Bertz CT molecular complexity index is 624. The maximum atomic E-state index is 12.5. The number of carbonyl (C=O) groups is 2. The van der Waals surface area contributed by atoms with Crippen LogP contribution in [-0.2, 0) is 9.59 Å². The second-order valence-corrected chi connectivity index (χ2v) is 6.69. The number of ether oxygens (including phenoxy) is 2. The van der Waals surface area contributed by atoms with Gasteiger partial charge in [0.15, 0.2) is 11.5 Å². The number of nitrogens with one attached hydrogen (secondary N) is 2. The highest BCUT2D eigenvalue weighted by molar-refractivity contribution is 5.93. The molecule has 0 atom stereocenters. The van der Waals surface area contributed by atoms with E-state index in [-0.39, 0.29) is 23.7 Å². The van der Waals surface area contributed by atoms with Gasteiger partial charge in [0.05, 0.1) is 0 Å². The first-order valence-corrected chi connectivity index (χ1v) is 9.15. The molecule has 0 radical (unpaired) electrons. The van der Waals surface area contributed by atoms with Crippen LogP contribution in [-0.4, -0.2) is 31.6 Å². The topological polar surface area (TPSA) is 76.7 Å². The Morgan fingerprint density at radius 1 is 1.00 bits per heavy atom. The van der Waals surface area contributed by atoms with E-state index in [9.17, 15) is 9.59 Å². The molecule has 2 N–H and O–H groups in total. The van der Waals surface area contributed by atoms with Crippen molar-refractivity contribution in [3.8, 4) is 11.5 Å². The molecule has 1 aliphatic carbocycles. The van der Waals surface area contributed by atoms with E-state index in [1.165, 1.54) is 0 Å². The number of anilines is 1. The summed E-state index contributed by atoms with van der Waals surface area (Å²) in [5.74, 6) is 1.54. The molecule has 1 fully saturated rings. The van der Waals surface area contributed by atoms with Crippen LogP contribution in [0.4, 0.5) is 5.69 Å². The van der Waals surface area contributed by atoms with Crippen LogP contribution in [0.5, 0.6) is 11.5 Å². The quantitative estimate of drug-likeness (QED) is 0.859. The van der Waals surface area contributed by atoms with Crippen molar-refractivity contribution in [2.24, 2.45) is 11.8 Å². The summed E-state index contributed by atoms with van der Waals surface area (Å²) in [7, 11) is 0. The van der Waals surface area contributed by atoms with Gasteiger partial charge in [-0.15, -0.1) is 0 Å². The van der Waals surface area contributed by atoms with Gasteiger partial charge in [0.2, 0.25) is 11.8 Å². The van der Waals surface area contributed by atoms with Gasteiger partial charge < -0.3 is 20.1 Å². The average Bonchev–Trinajstić information content (AvgIpc) is 2.66. The zero-order valence-electron chi connectivity index (χ0n) is 14.7. The molecule has 136 valence electrons. The fourth-order valence-corrected chi connectivity index (χ4v) is 3.38. The van der Waals surface area contributed by atoms with Crippen LogP contribution < -0.4 is 20.1 Å². The Kier molecular flexibility index (Phi) is 5.79. The molecule has 0 aromatic heterocycles. The predicted molar refractivity (Wildman–Crippen MR) is 94.8 cm³/mol. The number of amides is 2. The molecule has 2 aliphatic rings. The van der Waals surface area contributed by atoms with Crippen LogP contribution in [0.1, 0.15) is 39.0 Å². The molecule has 1 aliphatic heterocycles. The van der Waals surface area contributed by atoms with Crippen molar-refractivity contribution in [1.29, 1.82) is 0 Å². The van der Waals surface area contributed by atoms with Gasteiger partial charge >= 0.3 is 0 Å². The molecule has 0 unspecified atom stereocenters. The maximum Gasteiger partial charge on any atom is 0.227 e. The monoisotopic (exact) mass is 346 g/mol. The third-order valence-corrected chi connectivity index (χ3v) is 4.83. The third-order valence-electron chi connectivity index (χ3n) is 4.83. The highest BCUT2D eigenvalue weighted by Gasteiger charge is 2.29. The zero-order valence-corrected chi connectivity index (χ0v) is 14.7. The van der Waals surface area contributed by atoms with Crippen LogP contribution >= 0.6 is 0 Å². The third kappa shape index (κ3) is 4.44. The molecule has 6 heteroatoms. The number of rotatable bonds is 5. The minimum Gasteiger partial charge on any atom is -0.486 e. The van der Waals surface area contributed by atoms with E-state index >= 15 is 0 Å². The van der Waals surface area contributed by atoms with Crippen molar-refractivity contribution < 1.29 is 19.1 Å². The first-order valence-electron chi connectivity index (χ1n) is 9.15. The summed E-state index contributed by atoms with van der Waals surface area (Å²) in [6.07, 6.45) is 3.99. The Morgan fingerprint density at radius 2 is 1.64 bits per heavy atom. The van der Waals surface area contributed by atoms with Crippen molar-refractivity contribution in [1.82, 2.24) is 5.32 Å². The lowest BCUT2D eigenvalue weighted by atomic mass is 9.81. The summed E-state index contributed by atoms with van der Waals surface area (Å²) in [5.41, 5.74) is 0.720. The van der Waals surface area contributed by atoms with Crippen LogP contribution in [0, 0.1) is 11.8 Å². The van der Waals surface area contributed by atoms with E-state index in [4.69, 9.17) is 9.47 Å². The lowest BCUT2D eigenvalue weighted by molar-refractivity contribution is -0.128. The zero-order chi connectivity index (χ0) is 17.6. The molecule has 0 bridgehead atoms. The molecule has 1 heterocycles. The number of hydrogen-bond donors (Lipinski definition) is 2. The summed E-state index contributed by atoms with van der Waals surface area (Å²) in [6.45, 7) is 3.84. The number of hydrogen-bond acceptors (Lipinski definition) is 4. The summed E-state index contributed by atoms with van der Waals surface area (Å²) in [4.78, 5) is 24.5. The Labute approximate surface area is 148 Å². The lowest BCUT2D eigenvalue weighted by Crippen LogP contribution is -2.35. The van der Waals surface area contributed by atoms with Crippen LogP contribution in [0.25, 0.3) is 0 Å². The normalized spacial score (nSPS) is 22.1. The van der Waals surface area contributed by atoms with Crippen molar-refractivity contribution >= 4 is 17.5 Å². The Balaban J connectivity index is 1.50. The standard InChI is InChI=1S/C19H26N2O4/c1-2-9-20-18(22)13-3-5-14(6-4-13)19(23)21-15-7-8-16-17(12-15)25-11-10-24-16/h7-8,12-14H,2-6,9-11H2,1H3,(H,20,22)(H,21,23). The highest BCUT2D eigenvalue weighted by Crippen LogP contribution is 2.34. The Hall–Kier alpha value is -2.24. The molecular formula is C19H26N2O4. The molecule has 6 nitrogen and oxygen atoms in total. The molecule has 3 rings (SSSR count). The van der Waals surface area contributed by atoms with E-state index in [0.29, 0.717) is 24.7 Å². The largest absolute Gasteiger partial charge is 0.486 e. The van der Waals surface area contributed by atoms with Gasteiger partial charge in [0.25, 0.3) is 0 Å². The van der Waals surface area contributed by atoms with E-state index < -0.39 is 0 Å². The summed E-state index contributed by atoms with van der Waals surface area (Å²) in [5, 5.41) is 5.91. The first-order chi connectivity index (χ1) is 12.2. The summed E-state index contributed by atoms with van der Waals surface area (Å²) in [6, 6.07) is 5.45. The molecule has 0 saturated heterocycles. The van der Waals surface area contributed by atoms with E-state index in [1.54, 1.807) is 6.07 Å². The predicted octanol–water partition coefficient (Wildman–Crippen LogP) is 2.73. The molecule has 2 amide bonds. The van der Waals surface area contributed by atoms with Crippen LogP contribution in [0.15, 0.2) is 18.2 Å². The van der Waals surface area contributed by atoms with Gasteiger partial charge in [-0.1, -0.05) is 6.92 Å². The van der Waals surface area contributed by atoms with E-state index in [0.717, 1.165) is 44.3 Å². The van der Waals surface area contributed by atoms with Gasteiger partial charge in [0, 0.05) is 30.1 Å². The van der Waals surface area contributed by atoms with E-state index in [2.05, 4.69) is 10.6 Å². The molecule has 1 saturated carbocycles. The fraction of sp³-hybridized carbons (Fsp3) is 0.579. The maximum absolute atomic E-state index is 12.5. The second kappa shape index (κ2) is 8.23. The minimum absolute atomic E-state index is 0.0177. The van der Waals surface area contributed by atoms with Crippen molar-refractivity contribution in [3.63, 3.8) is 0 Å². The van der Waals surface area contributed by atoms with Gasteiger partial charge in [-0.25, -0.2) is 0 Å². The number of carbonyl (C=O) groups excluding carboxylic acids is 2. The number of benzene rings is 1. The van der Waals surface area contributed by atoms with Gasteiger partial charge in [-0.05, 0) is 44.2 Å². The van der Waals surface area contributed by atoms with Crippen molar-refractivity contribution in [3.05, 3.63) is 18.2 Å². The molecule has 1 aromatic carbocycles. The first kappa shape index (κ1) is 17.6. The molecule has 1 aromatic rings. The lowest BCUT2D eigenvalue weighted by Gasteiger charge is -2.27.